The number of carbonyl (C=O) groups excluding carboxylic acids is 1. The maximum atomic E-state index is 11.7. The molecule has 18 heavy (non-hydrogen) atoms. The van der Waals surface area contributed by atoms with E-state index in [9.17, 15) is 4.79 Å². The first-order valence-corrected chi connectivity index (χ1v) is 6.88. The quantitative estimate of drug-likeness (QED) is 0.795. The first kappa shape index (κ1) is 15.7. The van der Waals surface area contributed by atoms with Gasteiger partial charge in [0.2, 0.25) is 0 Å². The van der Waals surface area contributed by atoms with Gasteiger partial charge in [-0.2, -0.15) is 0 Å². The van der Waals surface area contributed by atoms with Crippen LogP contribution < -0.4 is 5.32 Å². The molecule has 1 heterocycles. The first-order valence-electron chi connectivity index (χ1n) is 6.88. The lowest BCUT2D eigenvalue weighted by Gasteiger charge is -2.49. The Morgan fingerprint density at radius 1 is 1.33 bits per heavy atom. The Kier molecular flexibility index (Phi) is 6.39. The van der Waals surface area contributed by atoms with Gasteiger partial charge in [-0.3, -0.25) is 9.69 Å². The smallest absolute Gasteiger partial charge is 0.320 e. The molecule has 2 rings (SSSR count). The molecule has 0 aromatic carbocycles. The Morgan fingerprint density at radius 2 is 2.06 bits per heavy atom. The Morgan fingerprint density at radius 3 is 2.72 bits per heavy atom. The van der Waals surface area contributed by atoms with E-state index in [1.54, 1.807) is 0 Å². The van der Waals surface area contributed by atoms with Crippen molar-refractivity contribution >= 4 is 18.4 Å². The molecule has 1 saturated carbocycles. The summed E-state index contributed by atoms with van der Waals surface area (Å²) in [6.45, 7) is 5.81. The number of halogens is 1. The maximum absolute atomic E-state index is 11.7. The van der Waals surface area contributed by atoms with Crippen LogP contribution in [0.15, 0.2) is 0 Å². The highest BCUT2D eigenvalue weighted by Gasteiger charge is 2.40. The molecular formula is C13H25ClN2O2. The van der Waals surface area contributed by atoms with Crippen molar-refractivity contribution in [2.45, 2.75) is 44.6 Å². The van der Waals surface area contributed by atoms with Gasteiger partial charge in [-0.15, -0.1) is 12.4 Å². The molecule has 2 aliphatic rings. The molecule has 0 radical (unpaired) electrons. The molecule has 1 aliphatic carbocycles. The van der Waals surface area contributed by atoms with Crippen molar-refractivity contribution in [3.63, 3.8) is 0 Å². The highest BCUT2D eigenvalue weighted by Crippen LogP contribution is 2.34. The minimum absolute atomic E-state index is 0. The molecule has 0 atom stereocenters. The molecule has 0 amide bonds. The average Bonchev–Trinajstić information content (AvgIpc) is 2.34. The number of hydrogen-bond donors (Lipinski definition) is 1. The Hall–Kier alpha value is -0.320. The van der Waals surface area contributed by atoms with Crippen molar-refractivity contribution in [2.24, 2.45) is 0 Å². The number of piperazine rings is 1. The van der Waals surface area contributed by atoms with Crippen molar-refractivity contribution < 1.29 is 9.53 Å². The molecule has 1 spiro atoms. The summed E-state index contributed by atoms with van der Waals surface area (Å²) in [4.78, 5) is 14.0. The zero-order valence-corrected chi connectivity index (χ0v) is 12.1. The standard InChI is InChI=1S/C13H24N2O2.ClH/c1-2-17-12(16)10-15-9-8-14-11-13(15)6-4-3-5-7-13;/h14H,2-11H2,1H3;1H. The molecule has 5 heteroatoms. The minimum atomic E-state index is -0.0700. The van der Waals surface area contributed by atoms with Crippen molar-refractivity contribution in [1.82, 2.24) is 10.2 Å². The van der Waals surface area contributed by atoms with Gasteiger partial charge >= 0.3 is 5.97 Å². The van der Waals surface area contributed by atoms with E-state index in [-0.39, 0.29) is 23.9 Å². The fraction of sp³-hybridized carbons (Fsp3) is 0.923. The lowest BCUT2D eigenvalue weighted by molar-refractivity contribution is -0.147. The predicted octanol–water partition coefficient (Wildman–Crippen LogP) is 1.58. The number of nitrogens with one attached hydrogen (secondary N) is 1. The van der Waals surface area contributed by atoms with Gasteiger partial charge in [0.15, 0.2) is 0 Å². The number of rotatable bonds is 3. The summed E-state index contributed by atoms with van der Waals surface area (Å²) >= 11 is 0. The Bertz CT molecular complexity index is 259. The molecule has 0 bridgehead atoms. The third-order valence-corrected chi connectivity index (χ3v) is 4.09. The molecule has 106 valence electrons. The first-order chi connectivity index (χ1) is 8.27. The summed E-state index contributed by atoms with van der Waals surface area (Å²) in [5, 5.41) is 3.49. The van der Waals surface area contributed by atoms with E-state index in [0.29, 0.717) is 13.2 Å². The number of nitrogens with zero attached hydrogens (tertiary/aromatic N) is 1. The largest absolute Gasteiger partial charge is 0.465 e. The summed E-state index contributed by atoms with van der Waals surface area (Å²) in [7, 11) is 0. The van der Waals surface area contributed by atoms with E-state index < -0.39 is 0 Å². The van der Waals surface area contributed by atoms with Crippen molar-refractivity contribution in [3.8, 4) is 0 Å². The van der Waals surface area contributed by atoms with Crippen LogP contribution in [0, 0.1) is 0 Å². The highest BCUT2D eigenvalue weighted by atomic mass is 35.5. The van der Waals surface area contributed by atoms with Crippen LogP contribution in [0.5, 0.6) is 0 Å². The topological polar surface area (TPSA) is 41.6 Å². The summed E-state index contributed by atoms with van der Waals surface area (Å²) in [6, 6.07) is 0. The van der Waals surface area contributed by atoms with E-state index in [0.717, 1.165) is 19.6 Å². The second-order valence-corrected chi connectivity index (χ2v) is 5.19. The van der Waals surface area contributed by atoms with Crippen LogP contribution in [-0.4, -0.2) is 49.2 Å². The summed E-state index contributed by atoms with van der Waals surface area (Å²) in [5.41, 5.74) is 0.225. The van der Waals surface area contributed by atoms with Crippen LogP contribution in [0.1, 0.15) is 39.0 Å². The molecule has 1 aliphatic heterocycles. The van der Waals surface area contributed by atoms with Gasteiger partial charge < -0.3 is 10.1 Å². The summed E-state index contributed by atoms with van der Waals surface area (Å²) in [5.74, 6) is -0.0700. The fourth-order valence-corrected chi connectivity index (χ4v) is 3.20. The summed E-state index contributed by atoms with van der Waals surface area (Å²) in [6.07, 6.45) is 6.37. The molecule has 1 saturated heterocycles. The van der Waals surface area contributed by atoms with Gasteiger partial charge in [0.25, 0.3) is 0 Å². The van der Waals surface area contributed by atoms with Crippen LogP contribution in [0.4, 0.5) is 0 Å². The van der Waals surface area contributed by atoms with Crippen LogP contribution in [0.25, 0.3) is 0 Å². The molecule has 4 nitrogen and oxygen atoms in total. The Labute approximate surface area is 116 Å². The molecule has 0 aromatic rings. The number of esters is 1. The monoisotopic (exact) mass is 276 g/mol. The van der Waals surface area contributed by atoms with Crippen molar-refractivity contribution in [1.29, 1.82) is 0 Å². The molecular weight excluding hydrogens is 252 g/mol. The molecule has 2 fully saturated rings. The molecule has 1 N–H and O–H groups in total. The predicted molar refractivity (Wildman–Crippen MR) is 74.1 cm³/mol. The SMILES string of the molecule is CCOC(=O)CN1CCNCC12CCCCC2.Cl. The van der Waals surface area contributed by atoms with E-state index >= 15 is 0 Å². The lowest BCUT2D eigenvalue weighted by Crippen LogP contribution is -2.63. The van der Waals surface area contributed by atoms with Gasteiger partial charge in [-0.25, -0.2) is 0 Å². The van der Waals surface area contributed by atoms with Crippen LogP contribution in [-0.2, 0) is 9.53 Å². The third-order valence-electron chi connectivity index (χ3n) is 4.09. The third kappa shape index (κ3) is 3.59. The number of carbonyl (C=O) groups is 1. The van der Waals surface area contributed by atoms with Gasteiger partial charge in [-0.05, 0) is 19.8 Å². The second kappa shape index (κ2) is 7.31. The van der Waals surface area contributed by atoms with Gasteiger partial charge in [0.1, 0.15) is 0 Å². The zero-order chi connectivity index (χ0) is 12.1. The lowest BCUT2D eigenvalue weighted by atomic mass is 9.79. The van der Waals surface area contributed by atoms with Gasteiger partial charge in [0, 0.05) is 25.2 Å². The van der Waals surface area contributed by atoms with Gasteiger partial charge in [0.05, 0.1) is 13.2 Å². The minimum Gasteiger partial charge on any atom is -0.465 e. The number of hydrogen-bond acceptors (Lipinski definition) is 4. The molecule has 0 unspecified atom stereocenters. The average molecular weight is 277 g/mol. The van der Waals surface area contributed by atoms with Crippen LogP contribution >= 0.6 is 12.4 Å². The zero-order valence-electron chi connectivity index (χ0n) is 11.2. The van der Waals surface area contributed by atoms with Crippen molar-refractivity contribution in [3.05, 3.63) is 0 Å². The fourth-order valence-electron chi connectivity index (χ4n) is 3.20. The van der Waals surface area contributed by atoms with Gasteiger partial charge in [-0.1, -0.05) is 19.3 Å². The van der Waals surface area contributed by atoms with E-state index in [1.807, 2.05) is 6.92 Å². The van der Waals surface area contributed by atoms with Crippen LogP contribution in [0.3, 0.4) is 0 Å². The highest BCUT2D eigenvalue weighted by molar-refractivity contribution is 5.85. The second-order valence-electron chi connectivity index (χ2n) is 5.19. The number of ether oxygens (including phenoxy) is 1. The van der Waals surface area contributed by atoms with E-state index in [4.69, 9.17) is 4.74 Å². The van der Waals surface area contributed by atoms with E-state index in [1.165, 1.54) is 32.1 Å². The maximum Gasteiger partial charge on any atom is 0.320 e. The Balaban J connectivity index is 0.00000162. The van der Waals surface area contributed by atoms with E-state index in [2.05, 4.69) is 10.2 Å². The summed E-state index contributed by atoms with van der Waals surface area (Å²) < 4.78 is 5.08. The normalized spacial score (nSPS) is 23.4. The van der Waals surface area contributed by atoms with Crippen molar-refractivity contribution in [2.75, 3.05) is 32.8 Å². The van der Waals surface area contributed by atoms with Crippen LogP contribution in [0.2, 0.25) is 0 Å². The molecule has 0 aromatic heterocycles.